The Bertz CT molecular complexity index is 1190. The maximum Gasteiger partial charge on any atom is 0.251 e. The lowest BCUT2D eigenvalue weighted by atomic mass is 10.2. The summed E-state index contributed by atoms with van der Waals surface area (Å²) in [4.78, 5) is 17.1. The first kappa shape index (κ1) is 20.6. The summed E-state index contributed by atoms with van der Waals surface area (Å²) in [6.07, 6.45) is 1.58. The van der Waals surface area contributed by atoms with E-state index >= 15 is 0 Å². The summed E-state index contributed by atoms with van der Waals surface area (Å²) in [5, 5.41) is 3.53. The Morgan fingerprint density at radius 1 is 1.03 bits per heavy atom. The molecule has 0 saturated carbocycles. The van der Waals surface area contributed by atoms with Crippen molar-refractivity contribution in [2.45, 2.75) is 19.4 Å². The van der Waals surface area contributed by atoms with Crippen LogP contribution in [0.3, 0.4) is 0 Å². The standard InChI is InChI=1S/C24H21BrClN3O/c25-19-8-3-6-17(14-19)16-29-22-11-2-1-10-21(22)28-23(29)12-5-13-27-24(30)18-7-4-9-20(26)15-18/h1-4,6-11,14-15H,5,12-13,16H2,(H,27,30). The molecule has 6 heteroatoms. The van der Waals surface area contributed by atoms with Gasteiger partial charge in [-0.2, -0.15) is 0 Å². The van der Waals surface area contributed by atoms with E-state index in [1.54, 1.807) is 24.3 Å². The zero-order chi connectivity index (χ0) is 20.9. The van der Waals surface area contributed by atoms with Gasteiger partial charge in [0.15, 0.2) is 0 Å². The molecule has 0 spiro atoms. The molecule has 0 fully saturated rings. The lowest BCUT2D eigenvalue weighted by Crippen LogP contribution is -2.25. The molecule has 152 valence electrons. The highest BCUT2D eigenvalue weighted by molar-refractivity contribution is 9.10. The van der Waals surface area contributed by atoms with Gasteiger partial charge in [0.2, 0.25) is 0 Å². The first-order valence-corrected chi connectivity index (χ1v) is 11.0. The summed E-state index contributed by atoms with van der Waals surface area (Å²) in [5.41, 5.74) is 3.90. The maximum absolute atomic E-state index is 12.3. The van der Waals surface area contributed by atoms with Gasteiger partial charge in [-0.1, -0.05) is 57.9 Å². The summed E-state index contributed by atoms with van der Waals surface area (Å²) < 4.78 is 3.32. The van der Waals surface area contributed by atoms with E-state index < -0.39 is 0 Å². The molecule has 0 atom stereocenters. The third kappa shape index (κ3) is 4.91. The second-order valence-electron chi connectivity index (χ2n) is 7.10. The number of imidazole rings is 1. The zero-order valence-corrected chi connectivity index (χ0v) is 18.7. The lowest BCUT2D eigenvalue weighted by molar-refractivity contribution is 0.0953. The quantitative estimate of drug-likeness (QED) is 0.335. The topological polar surface area (TPSA) is 46.9 Å². The van der Waals surface area contributed by atoms with Crippen LogP contribution in [-0.4, -0.2) is 22.0 Å². The van der Waals surface area contributed by atoms with Crippen LogP contribution in [0.5, 0.6) is 0 Å². The van der Waals surface area contributed by atoms with Crippen LogP contribution in [0.4, 0.5) is 0 Å². The Balaban J connectivity index is 1.45. The van der Waals surface area contributed by atoms with Crippen molar-refractivity contribution in [1.82, 2.24) is 14.9 Å². The Morgan fingerprint density at radius 2 is 1.87 bits per heavy atom. The van der Waals surface area contributed by atoms with Gasteiger partial charge in [-0.3, -0.25) is 4.79 Å². The minimum Gasteiger partial charge on any atom is -0.352 e. The molecule has 4 rings (SSSR count). The largest absolute Gasteiger partial charge is 0.352 e. The highest BCUT2D eigenvalue weighted by Crippen LogP contribution is 2.20. The molecule has 3 aromatic carbocycles. The SMILES string of the molecule is O=C(NCCCc1nc2ccccc2n1Cc1cccc(Br)c1)c1cccc(Cl)c1. The normalized spacial score (nSPS) is 11.0. The molecular formula is C24H21BrClN3O. The number of halogens is 2. The smallest absolute Gasteiger partial charge is 0.251 e. The second kappa shape index (κ2) is 9.45. The van der Waals surface area contributed by atoms with E-state index in [0.29, 0.717) is 17.1 Å². The Hall–Kier alpha value is -2.63. The van der Waals surface area contributed by atoms with Gasteiger partial charge in [0.05, 0.1) is 11.0 Å². The van der Waals surface area contributed by atoms with E-state index in [4.69, 9.17) is 16.6 Å². The number of hydrogen-bond donors (Lipinski definition) is 1. The van der Waals surface area contributed by atoms with Crippen molar-refractivity contribution in [2.24, 2.45) is 0 Å². The van der Waals surface area contributed by atoms with Gasteiger partial charge in [0, 0.05) is 34.6 Å². The third-order valence-electron chi connectivity index (χ3n) is 4.91. The van der Waals surface area contributed by atoms with Gasteiger partial charge < -0.3 is 9.88 Å². The average molecular weight is 483 g/mol. The van der Waals surface area contributed by atoms with Crippen molar-refractivity contribution in [3.63, 3.8) is 0 Å². The Labute approximate surface area is 189 Å². The van der Waals surface area contributed by atoms with E-state index in [2.05, 4.69) is 44.0 Å². The molecule has 0 aliphatic rings. The molecule has 4 nitrogen and oxygen atoms in total. The molecule has 1 amide bonds. The number of aryl methyl sites for hydroxylation is 1. The number of nitrogens with zero attached hydrogens (tertiary/aromatic N) is 2. The number of rotatable bonds is 7. The Kier molecular flexibility index (Phi) is 6.50. The van der Waals surface area contributed by atoms with Crippen molar-refractivity contribution >= 4 is 44.5 Å². The molecular weight excluding hydrogens is 462 g/mol. The van der Waals surface area contributed by atoms with Gasteiger partial charge >= 0.3 is 0 Å². The fraction of sp³-hybridized carbons (Fsp3) is 0.167. The van der Waals surface area contributed by atoms with Gasteiger partial charge in [-0.05, 0) is 54.4 Å². The lowest BCUT2D eigenvalue weighted by Gasteiger charge is -2.10. The summed E-state index contributed by atoms with van der Waals surface area (Å²) in [6, 6.07) is 23.5. The molecule has 0 saturated heterocycles. The predicted octanol–water partition coefficient (Wildman–Crippen LogP) is 5.86. The minimum atomic E-state index is -0.111. The molecule has 1 N–H and O–H groups in total. The monoisotopic (exact) mass is 481 g/mol. The molecule has 4 aromatic rings. The van der Waals surface area contributed by atoms with Crippen LogP contribution in [0.2, 0.25) is 5.02 Å². The van der Waals surface area contributed by atoms with Crippen LogP contribution >= 0.6 is 27.5 Å². The number of amides is 1. The third-order valence-corrected chi connectivity index (χ3v) is 5.64. The van der Waals surface area contributed by atoms with Crippen LogP contribution in [0, 0.1) is 0 Å². The molecule has 0 aliphatic heterocycles. The summed E-state index contributed by atoms with van der Waals surface area (Å²) in [5.74, 6) is 0.910. The first-order chi connectivity index (χ1) is 14.6. The van der Waals surface area contributed by atoms with Crippen LogP contribution in [0.25, 0.3) is 11.0 Å². The Morgan fingerprint density at radius 3 is 2.70 bits per heavy atom. The number of nitrogens with one attached hydrogen (secondary N) is 1. The van der Waals surface area contributed by atoms with Crippen LogP contribution in [-0.2, 0) is 13.0 Å². The minimum absolute atomic E-state index is 0.111. The fourth-order valence-electron chi connectivity index (χ4n) is 3.49. The van der Waals surface area contributed by atoms with Crippen molar-refractivity contribution in [1.29, 1.82) is 0 Å². The number of carbonyl (C=O) groups excluding carboxylic acids is 1. The molecule has 0 radical (unpaired) electrons. The maximum atomic E-state index is 12.3. The van der Waals surface area contributed by atoms with Crippen LogP contribution in [0.1, 0.15) is 28.2 Å². The van der Waals surface area contributed by atoms with Crippen LogP contribution in [0.15, 0.2) is 77.3 Å². The second-order valence-corrected chi connectivity index (χ2v) is 8.45. The summed E-state index contributed by atoms with van der Waals surface area (Å²) in [6.45, 7) is 1.33. The number of para-hydroxylation sites is 2. The molecule has 0 aliphatic carbocycles. The average Bonchev–Trinajstić information content (AvgIpc) is 3.08. The van der Waals surface area contributed by atoms with Gasteiger partial charge in [-0.25, -0.2) is 4.98 Å². The molecule has 1 heterocycles. The van der Waals surface area contributed by atoms with Crippen molar-refractivity contribution in [2.75, 3.05) is 6.54 Å². The first-order valence-electron chi connectivity index (χ1n) is 9.82. The van der Waals surface area contributed by atoms with Gasteiger partial charge in [0.1, 0.15) is 5.82 Å². The summed E-state index contributed by atoms with van der Waals surface area (Å²) in [7, 11) is 0. The highest BCUT2D eigenvalue weighted by atomic mass is 79.9. The van der Waals surface area contributed by atoms with E-state index in [-0.39, 0.29) is 5.91 Å². The highest BCUT2D eigenvalue weighted by Gasteiger charge is 2.12. The number of hydrogen-bond acceptors (Lipinski definition) is 2. The fourth-order valence-corrected chi connectivity index (χ4v) is 4.13. The number of benzene rings is 3. The van der Waals surface area contributed by atoms with E-state index in [0.717, 1.165) is 40.7 Å². The predicted molar refractivity (Wildman–Crippen MR) is 125 cm³/mol. The number of aromatic nitrogens is 2. The van der Waals surface area contributed by atoms with Gasteiger partial charge in [0.25, 0.3) is 5.91 Å². The van der Waals surface area contributed by atoms with E-state index in [9.17, 15) is 4.79 Å². The zero-order valence-electron chi connectivity index (χ0n) is 16.3. The molecule has 0 unspecified atom stereocenters. The summed E-state index contributed by atoms with van der Waals surface area (Å²) >= 11 is 9.52. The molecule has 0 bridgehead atoms. The van der Waals surface area contributed by atoms with Crippen LogP contribution < -0.4 is 5.32 Å². The van der Waals surface area contributed by atoms with Gasteiger partial charge in [-0.15, -0.1) is 0 Å². The number of carbonyl (C=O) groups is 1. The molecule has 30 heavy (non-hydrogen) atoms. The molecule has 1 aromatic heterocycles. The van der Waals surface area contributed by atoms with Crippen molar-refractivity contribution < 1.29 is 4.79 Å². The van der Waals surface area contributed by atoms with Crippen molar-refractivity contribution in [3.05, 3.63) is 99.2 Å². The van der Waals surface area contributed by atoms with E-state index in [1.807, 2.05) is 30.3 Å². The van der Waals surface area contributed by atoms with Crippen molar-refractivity contribution in [3.8, 4) is 0 Å². The van der Waals surface area contributed by atoms with E-state index in [1.165, 1.54) is 5.56 Å². The number of fused-ring (bicyclic) bond motifs is 1.